The SMILES string of the molecule is CCOc1cc(NC2CCCCC2C(=O)NC)ncn1. The fourth-order valence-corrected chi connectivity index (χ4v) is 2.64. The molecule has 0 aromatic carbocycles. The van der Waals surface area contributed by atoms with Crippen molar-refractivity contribution in [2.24, 2.45) is 5.92 Å². The van der Waals surface area contributed by atoms with Gasteiger partial charge in [-0.25, -0.2) is 9.97 Å². The van der Waals surface area contributed by atoms with Crippen molar-refractivity contribution in [3.8, 4) is 5.88 Å². The molecule has 1 saturated carbocycles. The van der Waals surface area contributed by atoms with Crippen LogP contribution in [0.3, 0.4) is 0 Å². The topological polar surface area (TPSA) is 76.1 Å². The van der Waals surface area contributed by atoms with Crippen molar-refractivity contribution in [1.29, 1.82) is 0 Å². The first-order chi connectivity index (χ1) is 9.74. The average Bonchev–Trinajstić information content (AvgIpc) is 2.48. The lowest BCUT2D eigenvalue weighted by atomic mass is 9.84. The van der Waals surface area contributed by atoms with Crippen molar-refractivity contribution in [2.75, 3.05) is 19.0 Å². The highest BCUT2D eigenvalue weighted by atomic mass is 16.5. The van der Waals surface area contributed by atoms with Gasteiger partial charge in [0.2, 0.25) is 11.8 Å². The predicted octanol–water partition coefficient (Wildman–Crippen LogP) is 1.59. The van der Waals surface area contributed by atoms with Gasteiger partial charge in [-0.05, 0) is 19.8 Å². The van der Waals surface area contributed by atoms with Crippen molar-refractivity contribution in [3.05, 3.63) is 12.4 Å². The second-order valence-electron chi connectivity index (χ2n) is 4.93. The van der Waals surface area contributed by atoms with E-state index in [-0.39, 0.29) is 17.9 Å². The Bertz CT molecular complexity index is 453. The van der Waals surface area contributed by atoms with Gasteiger partial charge in [-0.2, -0.15) is 0 Å². The molecule has 110 valence electrons. The quantitative estimate of drug-likeness (QED) is 0.855. The van der Waals surface area contributed by atoms with Crippen molar-refractivity contribution >= 4 is 11.7 Å². The molecule has 1 amide bonds. The molecular weight excluding hydrogens is 256 g/mol. The summed E-state index contributed by atoms with van der Waals surface area (Å²) in [5.41, 5.74) is 0. The third kappa shape index (κ3) is 3.59. The van der Waals surface area contributed by atoms with Crippen molar-refractivity contribution in [3.63, 3.8) is 0 Å². The number of hydrogen-bond acceptors (Lipinski definition) is 5. The smallest absolute Gasteiger partial charge is 0.224 e. The number of rotatable bonds is 5. The minimum atomic E-state index is -0.000686. The zero-order valence-electron chi connectivity index (χ0n) is 12.1. The lowest BCUT2D eigenvalue weighted by molar-refractivity contribution is -0.125. The van der Waals surface area contributed by atoms with Gasteiger partial charge in [-0.15, -0.1) is 0 Å². The Labute approximate surface area is 119 Å². The number of hydrogen-bond donors (Lipinski definition) is 2. The normalized spacial score (nSPS) is 22.1. The minimum absolute atomic E-state index is 0.000686. The Morgan fingerprint density at radius 3 is 2.95 bits per heavy atom. The van der Waals surface area contributed by atoms with E-state index in [1.807, 2.05) is 6.92 Å². The Morgan fingerprint density at radius 2 is 2.20 bits per heavy atom. The molecular formula is C14H22N4O2. The monoisotopic (exact) mass is 278 g/mol. The van der Waals surface area contributed by atoms with Gasteiger partial charge in [-0.1, -0.05) is 12.8 Å². The zero-order chi connectivity index (χ0) is 14.4. The molecule has 1 aliphatic rings. The Morgan fingerprint density at radius 1 is 1.40 bits per heavy atom. The van der Waals surface area contributed by atoms with Crippen molar-refractivity contribution in [1.82, 2.24) is 15.3 Å². The molecule has 0 spiro atoms. The van der Waals surface area contributed by atoms with Gasteiger partial charge in [0, 0.05) is 19.2 Å². The summed E-state index contributed by atoms with van der Waals surface area (Å²) in [6, 6.07) is 1.90. The lowest BCUT2D eigenvalue weighted by Crippen LogP contribution is -2.42. The van der Waals surface area contributed by atoms with Crippen LogP contribution in [0.5, 0.6) is 5.88 Å². The van der Waals surface area contributed by atoms with E-state index >= 15 is 0 Å². The second-order valence-corrected chi connectivity index (χ2v) is 4.93. The standard InChI is InChI=1S/C14H22N4O2/c1-3-20-13-8-12(16-9-17-13)18-11-7-5-4-6-10(11)14(19)15-2/h8-11H,3-7H2,1-2H3,(H,15,19)(H,16,17,18). The number of anilines is 1. The Balaban J connectivity index is 2.06. The van der Waals surface area contributed by atoms with Crippen LogP contribution in [0.2, 0.25) is 0 Å². The first-order valence-electron chi connectivity index (χ1n) is 7.17. The molecule has 6 nitrogen and oxygen atoms in total. The molecule has 0 saturated heterocycles. The van der Waals surface area contributed by atoms with Gasteiger partial charge >= 0.3 is 0 Å². The van der Waals surface area contributed by atoms with E-state index in [0.717, 1.165) is 25.7 Å². The molecule has 1 heterocycles. The molecule has 1 aliphatic carbocycles. The highest BCUT2D eigenvalue weighted by Crippen LogP contribution is 2.27. The summed E-state index contributed by atoms with van der Waals surface area (Å²) < 4.78 is 5.36. The Kier molecular flexibility index (Phi) is 5.15. The molecule has 1 aromatic rings. The van der Waals surface area contributed by atoms with Crippen LogP contribution in [0.15, 0.2) is 12.4 Å². The van der Waals surface area contributed by atoms with E-state index in [0.29, 0.717) is 18.3 Å². The average molecular weight is 278 g/mol. The second kappa shape index (κ2) is 7.07. The fraction of sp³-hybridized carbons (Fsp3) is 0.643. The first-order valence-corrected chi connectivity index (χ1v) is 7.17. The number of aromatic nitrogens is 2. The van der Waals surface area contributed by atoms with Crippen LogP contribution >= 0.6 is 0 Å². The molecule has 0 radical (unpaired) electrons. The van der Waals surface area contributed by atoms with Crippen LogP contribution < -0.4 is 15.4 Å². The van der Waals surface area contributed by atoms with Crippen LogP contribution in [0.1, 0.15) is 32.6 Å². The maximum atomic E-state index is 11.9. The molecule has 1 fully saturated rings. The van der Waals surface area contributed by atoms with Crippen molar-refractivity contribution < 1.29 is 9.53 Å². The van der Waals surface area contributed by atoms with Crippen LogP contribution in [0.25, 0.3) is 0 Å². The highest BCUT2D eigenvalue weighted by Gasteiger charge is 2.30. The third-order valence-corrected chi connectivity index (χ3v) is 3.62. The largest absolute Gasteiger partial charge is 0.478 e. The van der Waals surface area contributed by atoms with Crippen molar-refractivity contribution in [2.45, 2.75) is 38.6 Å². The van der Waals surface area contributed by atoms with Crippen LogP contribution in [0, 0.1) is 5.92 Å². The summed E-state index contributed by atoms with van der Waals surface area (Å²) >= 11 is 0. The van der Waals surface area contributed by atoms with Crippen LogP contribution in [-0.4, -0.2) is 35.6 Å². The molecule has 6 heteroatoms. The zero-order valence-corrected chi connectivity index (χ0v) is 12.1. The number of nitrogens with one attached hydrogen (secondary N) is 2. The molecule has 2 rings (SSSR count). The first kappa shape index (κ1) is 14.6. The summed E-state index contributed by atoms with van der Waals surface area (Å²) in [4.78, 5) is 20.2. The van der Waals surface area contributed by atoms with Gasteiger partial charge in [-0.3, -0.25) is 4.79 Å². The van der Waals surface area contributed by atoms with Gasteiger partial charge < -0.3 is 15.4 Å². The van der Waals surface area contributed by atoms with E-state index < -0.39 is 0 Å². The van der Waals surface area contributed by atoms with Gasteiger partial charge in [0.05, 0.1) is 12.5 Å². The molecule has 1 aromatic heterocycles. The van der Waals surface area contributed by atoms with Gasteiger partial charge in [0.25, 0.3) is 0 Å². The van der Waals surface area contributed by atoms with E-state index in [1.165, 1.54) is 6.33 Å². The predicted molar refractivity (Wildman–Crippen MR) is 76.6 cm³/mol. The lowest BCUT2D eigenvalue weighted by Gasteiger charge is -2.31. The van der Waals surface area contributed by atoms with E-state index in [2.05, 4.69) is 20.6 Å². The third-order valence-electron chi connectivity index (χ3n) is 3.62. The Hall–Kier alpha value is -1.85. The number of carbonyl (C=O) groups is 1. The van der Waals surface area contributed by atoms with E-state index in [9.17, 15) is 4.79 Å². The van der Waals surface area contributed by atoms with E-state index in [1.54, 1.807) is 13.1 Å². The number of carbonyl (C=O) groups excluding carboxylic acids is 1. The number of nitrogens with zero attached hydrogens (tertiary/aromatic N) is 2. The number of amides is 1. The minimum Gasteiger partial charge on any atom is -0.478 e. The molecule has 0 aliphatic heterocycles. The van der Waals surface area contributed by atoms with Gasteiger partial charge in [0.15, 0.2) is 0 Å². The summed E-state index contributed by atoms with van der Waals surface area (Å²) in [5.74, 6) is 1.36. The fourth-order valence-electron chi connectivity index (χ4n) is 2.64. The molecule has 2 N–H and O–H groups in total. The number of ether oxygens (including phenoxy) is 1. The highest BCUT2D eigenvalue weighted by molar-refractivity contribution is 5.79. The van der Waals surface area contributed by atoms with E-state index in [4.69, 9.17) is 4.74 Å². The maximum absolute atomic E-state index is 11.9. The van der Waals surface area contributed by atoms with Crippen LogP contribution in [0.4, 0.5) is 5.82 Å². The molecule has 20 heavy (non-hydrogen) atoms. The summed E-state index contributed by atoms with van der Waals surface area (Å²) in [6.45, 7) is 2.48. The molecule has 0 bridgehead atoms. The van der Waals surface area contributed by atoms with Crippen LogP contribution in [-0.2, 0) is 4.79 Å². The summed E-state index contributed by atoms with van der Waals surface area (Å²) in [5, 5.41) is 6.10. The molecule has 2 unspecified atom stereocenters. The summed E-state index contributed by atoms with van der Waals surface area (Å²) in [7, 11) is 1.69. The van der Waals surface area contributed by atoms with Gasteiger partial charge in [0.1, 0.15) is 12.1 Å². The maximum Gasteiger partial charge on any atom is 0.224 e. The summed E-state index contributed by atoms with van der Waals surface area (Å²) in [6.07, 6.45) is 5.61. The molecule has 2 atom stereocenters.